The van der Waals surface area contributed by atoms with Crippen molar-refractivity contribution in [2.45, 2.75) is 50.6 Å². The first kappa shape index (κ1) is 12.0. The molecule has 0 aromatic heterocycles. The molecule has 0 saturated heterocycles. The largest absolute Gasteiger partial charge is 0.480 e. The van der Waals surface area contributed by atoms with E-state index in [1.165, 1.54) is 0 Å². The van der Waals surface area contributed by atoms with Gasteiger partial charge < -0.3 is 16.2 Å². The van der Waals surface area contributed by atoms with Crippen LogP contribution in [0.15, 0.2) is 0 Å². The lowest BCUT2D eigenvalue weighted by atomic mass is 9.75. The Morgan fingerprint density at radius 3 is 2.47 bits per heavy atom. The number of nitrogens with one attached hydrogen (secondary N) is 1. The molecule has 1 saturated carbocycles. The fraction of sp³-hybridized carbons (Fsp3) is 0.800. The van der Waals surface area contributed by atoms with Gasteiger partial charge in [-0.2, -0.15) is 0 Å². The van der Waals surface area contributed by atoms with Crippen LogP contribution in [0.4, 0.5) is 0 Å². The molecule has 0 radical (unpaired) electrons. The van der Waals surface area contributed by atoms with E-state index in [4.69, 9.17) is 10.8 Å². The maximum atomic E-state index is 11.5. The predicted molar refractivity (Wildman–Crippen MR) is 55.2 cm³/mol. The van der Waals surface area contributed by atoms with Gasteiger partial charge in [0.15, 0.2) is 0 Å². The van der Waals surface area contributed by atoms with Crippen LogP contribution in [0.1, 0.15) is 39.0 Å². The number of carbonyl (C=O) groups excluding carboxylic acids is 1. The molecule has 0 bridgehead atoms. The second-order valence-electron chi connectivity index (χ2n) is 4.26. The van der Waals surface area contributed by atoms with E-state index in [1.807, 2.05) is 0 Å². The number of hydrogen-bond donors (Lipinski definition) is 3. The molecule has 86 valence electrons. The zero-order valence-corrected chi connectivity index (χ0v) is 8.95. The number of rotatable bonds is 5. The molecule has 1 fully saturated rings. The van der Waals surface area contributed by atoms with Gasteiger partial charge in [-0.25, -0.2) is 4.79 Å². The monoisotopic (exact) mass is 214 g/mol. The van der Waals surface area contributed by atoms with Crippen LogP contribution in [0.5, 0.6) is 0 Å². The third kappa shape index (κ3) is 3.20. The molecule has 0 unspecified atom stereocenters. The lowest BCUT2D eigenvalue weighted by Gasteiger charge is -2.37. The molecule has 5 nitrogen and oxygen atoms in total. The highest BCUT2D eigenvalue weighted by molar-refractivity contribution is 5.84. The Morgan fingerprint density at radius 2 is 2.13 bits per heavy atom. The van der Waals surface area contributed by atoms with E-state index in [1.54, 1.807) is 6.92 Å². The van der Waals surface area contributed by atoms with Gasteiger partial charge in [0.1, 0.15) is 6.04 Å². The van der Waals surface area contributed by atoms with Crippen LogP contribution in [0, 0.1) is 0 Å². The van der Waals surface area contributed by atoms with E-state index in [0.717, 1.165) is 19.3 Å². The van der Waals surface area contributed by atoms with Gasteiger partial charge in [0.25, 0.3) is 0 Å². The standard InChI is InChI=1S/C10H18N2O3/c1-2-7(9(14)15)12-8(13)6-10(11)4-3-5-10/h7H,2-6,11H2,1H3,(H,12,13)(H,14,15)/t7-/m0/s1. The Balaban J connectivity index is 2.37. The van der Waals surface area contributed by atoms with E-state index in [0.29, 0.717) is 6.42 Å². The van der Waals surface area contributed by atoms with Gasteiger partial charge >= 0.3 is 5.97 Å². The molecule has 1 atom stereocenters. The Labute approximate surface area is 89.0 Å². The van der Waals surface area contributed by atoms with Gasteiger partial charge in [0.2, 0.25) is 5.91 Å². The lowest BCUT2D eigenvalue weighted by molar-refractivity contribution is -0.142. The number of carboxylic acid groups (broad SMARTS) is 1. The predicted octanol–water partition coefficient (Wildman–Crippen LogP) is 0.237. The van der Waals surface area contributed by atoms with Gasteiger partial charge in [-0.3, -0.25) is 4.79 Å². The average molecular weight is 214 g/mol. The summed E-state index contributed by atoms with van der Waals surface area (Å²) in [5.74, 6) is -1.25. The number of carboxylic acids is 1. The summed E-state index contributed by atoms with van der Waals surface area (Å²) < 4.78 is 0. The van der Waals surface area contributed by atoms with Crippen molar-refractivity contribution in [2.24, 2.45) is 5.73 Å². The summed E-state index contributed by atoms with van der Waals surface area (Å²) in [7, 11) is 0. The lowest BCUT2D eigenvalue weighted by Crippen LogP contribution is -2.51. The van der Waals surface area contributed by atoms with Crippen molar-refractivity contribution in [3.63, 3.8) is 0 Å². The van der Waals surface area contributed by atoms with Gasteiger partial charge in [-0.05, 0) is 25.7 Å². The minimum absolute atomic E-state index is 0.233. The minimum Gasteiger partial charge on any atom is -0.480 e. The third-order valence-electron chi connectivity index (χ3n) is 2.90. The first-order valence-electron chi connectivity index (χ1n) is 5.28. The van der Waals surface area contributed by atoms with E-state index in [2.05, 4.69) is 5.32 Å². The van der Waals surface area contributed by atoms with Crippen LogP contribution in [0.2, 0.25) is 0 Å². The van der Waals surface area contributed by atoms with Gasteiger partial charge in [-0.1, -0.05) is 6.92 Å². The normalized spacial score (nSPS) is 20.1. The first-order chi connectivity index (χ1) is 6.97. The molecule has 1 aliphatic carbocycles. The number of nitrogens with two attached hydrogens (primary N) is 1. The Hall–Kier alpha value is -1.10. The highest BCUT2D eigenvalue weighted by atomic mass is 16.4. The Morgan fingerprint density at radius 1 is 1.53 bits per heavy atom. The van der Waals surface area contributed by atoms with E-state index in [-0.39, 0.29) is 17.9 Å². The summed E-state index contributed by atoms with van der Waals surface area (Å²) in [5.41, 5.74) is 5.50. The van der Waals surface area contributed by atoms with Crippen molar-refractivity contribution in [2.75, 3.05) is 0 Å². The quantitative estimate of drug-likeness (QED) is 0.611. The molecule has 0 heterocycles. The molecule has 1 rings (SSSR count). The van der Waals surface area contributed by atoms with Crippen LogP contribution in [0.25, 0.3) is 0 Å². The summed E-state index contributed by atoms with van der Waals surface area (Å²) in [6.45, 7) is 1.72. The van der Waals surface area contributed by atoms with Crippen molar-refractivity contribution in [1.29, 1.82) is 0 Å². The van der Waals surface area contributed by atoms with Crippen molar-refractivity contribution in [3.8, 4) is 0 Å². The summed E-state index contributed by atoms with van der Waals surface area (Å²) in [5, 5.41) is 11.2. The highest BCUT2D eigenvalue weighted by Gasteiger charge is 2.35. The first-order valence-corrected chi connectivity index (χ1v) is 5.28. The maximum absolute atomic E-state index is 11.5. The molecule has 0 aromatic carbocycles. The van der Waals surface area contributed by atoms with E-state index < -0.39 is 12.0 Å². The van der Waals surface area contributed by atoms with Crippen LogP contribution in [-0.2, 0) is 9.59 Å². The summed E-state index contributed by atoms with van der Waals surface area (Å²) in [4.78, 5) is 22.1. The second kappa shape index (κ2) is 4.61. The molecule has 5 heteroatoms. The number of hydrogen-bond acceptors (Lipinski definition) is 3. The highest BCUT2D eigenvalue weighted by Crippen LogP contribution is 2.31. The molecular weight excluding hydrogens is 196 g/mol. The number of carbonyl (C=O) groups is 2. The van der Waals surface area contributed by atoms with Crippen molar-refractivity contribution in [3.05, 3.63) is 0 Å². The van der Waals surface area contributed by atoms with Gasteiger partial charge in [-0.15, -0.1) is 0 Å². The topological polar surface area (TPSA) is 92.4 Å². The van der Waals surface area contributed by atoms with Crippen molar-refractivity contribution < 1.29 is 14.7 Å². The maximum Gasteiger partial charge on any atom is 0.326 e. The molecule has 15 heavy (non-hydrogen) atoms. The molecular formula is C10H18N2O3. The molecule has 0 aliphatic heterocycles. The Bertz CT molecular complexity index is 261. The van der Waals surface area contributed by atoms with Crippen LogP contribution in [-0.4, -0.2) is 28.6 Å². The van der Waals surface area contributed by atoms with Gasteiger partial charge in [0.05, 0.1) is 0 Å². The van der Waals surface area contributed by atoms with Crippen molar-refractivity contribution in [1.82, 2.24) is 5.32 Å². The SMILES string of the molecule is CC[C@H](NC(=O)CC1(N)CCC1)C(=O)O. The average Bonchev–Trinajstić information content (AvgIpc) is 2.11. The van der Waals surface area contributed by atoms with E-state index in [9.17, 15) is 9.59 Å². The van der Waals surface area contributed by atoms with Crippen molar-refractivity contribution >= 4 is 11.9 Å². The molecule has 0 spiro atoms. The van der Waals surface area contributed by atoms with Crippen LogP contribution < -0.4 is 11.1 Å². The second-order valence-corrected chi connectivity index (χ2v) is 4.26. The summed E-state index contributed by atoms with van der Waals surface area (Å²) in [6.07, 6.45) is 3.38. The fourth-order valence-corrected chi connectivity index (χ4v) is 1.71. The summed E-state index contributed by atoms with van der Waals surface area (Å²) in [6, 6.07) is -0.791. The number of aliphatic carboxylic acids is 1. The number of amides is 1. The molecule has 1 amide bonds. The van der Waals surface area contributed by atoms with Crippen LogP contribution in [0.3, 0.4) is 0 Å². The summed E-state index contributed by atoms with van der Waals surface area (Å²) >= 11 is 0. The zero-order chi connectivity index (χ0) is 11.5. The molecule has 0 aromatic rings. The minimum atomic E-state index is -0.995. The van der Waals surface area contributed by atoms with Gasteiger partial charge in [0, 0.05) is 12.0 Å². The smallest absolute Gasteiger partial charge is 0.326 e. The Kier molecular flexibility index (Phi) is 3.68. The van der Waals surface area contributed by atoms with Crippen LogP contribution >= 0.6 is 0 Å². The molecule has 4 N–H and O–H groups in total. The zero-order valence-electron chi connectivity index (χ0n) is 8.95. The fourth-order valence-electron chi connectivity index (χ4n) is 1.71. The van der Waals surface area contributed by atoms with E-state index >= 15 is 0 Å². The molecule has 1 aliphatic rings. The third-order valence-corrected chi connectivity index (χ3v) is 2.90.